The Morgan fingerprint density at radius 1 is 1.28 bits per heavy atom. The predicted octanol–water partition coefficient (Wildman–Crippen LogP) is 5.45. The number of hydrogen-bond acceptors (Lipinski definition) is 6. The Kier molecular flexibility index (Phi) is 11.3. The third-order valence-corrected chi connectivity index (χ3v) is 7.34. The fourth-order valence-corrected chi connectivity index (χ4v) is 4.64. The minimum atomic E-state index is -1.25. The van der Waals surface area contributed by atoms with E-state index in [2.05, 4.69) is 24.6 Å². The van der Waals surface area contributed by atoms with Crippen LogP contribution in [0.1, 0.15) is 78.8 Å². The number of aliphatic hydroxyl groups excluding tert-OH is 2. The summed E-state index contributed by atoms with van der Waals surface area (Å²) in [5.41, 5.74) is 1.55. The summed E-state index contributed by atoms with van der Waals surface area (Å²) in [4.78, 5) is 30.8. The van der Waals surface area contributed by atoms with Crippen molar-refractivity contribution in [2.75, 3.05) is 0 Å². The van der Waals surface area contributed by atoms with Gasteiger partial charge in [-0.3, -0.25) is 14.6 Å². The van der Waals surface area contributed by atoms with Gasteiger partial charge in [0, 0.05) is 18.5 Å². The van der Waals surface area contributed by atoms with Crippen LogP contribution in [0.3, 0.4) is 0 Å². The number of aromatic nitrogens is 1. The topological polar surface area (TPSA) is 96.7 Å². The van der Waals surface area contributed by atoms with Crippen LogP contribution in [0.15, 0.2) is 54.3 Å². The third kappa shape index (κ3) is 8.24. The number of Topliss-reactive ketones (excluding diaryl/α,β-unsaturated/α-hetero) is 1. The van der Waals surface area contributed by atoms with E-state index in [0.717, 1.165) is 30.5 Å². The maximum atomic E-state index is 13.5. The van der Waals surface area contributed by atoms with Crippen molar-refractivity contribution in [3.8, 4) is 0 Å². The molecule has 1 aromatic rings. The molecule has 0 aliphatic carbocycles. The number of ketones is 1. The predicted molar refractivity (Wildman–Crippen MR) is 143 cm³/mol. The highest BCUT2D eigenvalue weighted by Crippen LogP contribution is 2.34. The normalized spacial score (nSPS) is 30.7. The van der Waals surface area contributed by atoms with Crippen molar-refractivity contribution in [3.63, 3.8) is 0 Å². The van der Waals surface area contributed by atoms with Crippen LogP contribution in [-0.4, -0.2) is 45.3 Å². The zero-order valence-corrected chi connectivity index (χ0v) is 22.4. The number of allylic oxidation sites excluding steroid dienone is 2. The molecule has 0 amide bonds. The average molecular weight is 498 g/mol. The van der Waals surface area contributed by atoms with E-state index in [1.807, 2.05) is 38.1 Å². The number of ether oxygens (including phenoxy) is 1. The van der Waals surface area contributed by atoms with E-state index in [4.69, 9.17) is 4.74 Å². The standard InChI is InChI=1S/C30H43NO5/c1-7-11-24-28(34)21(3)13-10-12-20(2)15-16-25(22(4)18-23-14-8-9-17-31-23)36-27(33)19-26(32)30(5,6)29(24)35/h7-9,14-15,17-18,21,24-26,28,32,34H,1,10-13,16,19H2,2-6H3/b20-15+,22-18?. The van der Waals surface area contributed by atoms with Crippen molar-refractivity contribution >= 4 is 17.8 Å². The molecule has 36 heavy (non-hydrogen) atoms. The second-order valence-corrected chi connectivity index (χ2v) is 10.7. The van der Waals surface area contributed by atoms with Gasteiger partial charge in [0.1, 0.15) is 11.9 Å². The van der Waals surface area contributed by atoms with Crippen molar-refractivity contribution in [1.29, 1.82) is 0 Å². The maximum absolute atomic E-state index is 13.5. The number of carbonyl (C=O) groups is 2. The molecule has 5 unspecified atom stereocenters. The molecular weight excluding hydrogens is 454 g/mol. The van der Waals surface area contributed by atoms with Gasteiger partial charge in [0.2, 0.25) is 0 Å². The monoisotopic (exact) mass is 497 g/mol. The summed E-state index contributed by atoms with van der Waals surface area (Å²) < 4.78 is 5.83. The van der Waals surface area contributed by atoms with Gasteiger partial charge in [0.15, 0.2) is 0 Å². The van der Waals surface area contributed by atoms with Crippen LogP contribution in [0.2, 0.25) is 0 Å². The first-order valence-electron chi connectivity index (χ1n) is 12.9. The van der Waals surface area contributed by atoms with Crippen molar-refractivity contribution in [1.82, 2.24) is 4.98 Å². The lowest BCUT2D eigenvalue weighted by Crippen LogP contribution is -2.46. The summed E-state index contributed by atoms with van der Waals surface area (Å²) in [7, 11) is 0. The molecule has 2 N–H and O–H groups in total. The van der Waals surface area contributed by atoms with Crippen LogP contribution in [-0.2, 0) is 14.3 Å². The first kappa shape index (κ1) is 29.7. The Labute approximate surface area is 216 Å². The fourth-order valence-electron chi connectivity index (χ4n) is 4.64. The highest BCUT2D eigenvalue weighted by molar-refractivity contribution is 5.88. The molecule has 5 atom stereocenters. The average Bonchev–Trinajstić information content (AvgIpc) is 2.84. The summed E-state index contributed by atoms with van der Waals surface area (Å²) >= 11 is 0. The molecule has 0 saturated carbocycles. The van der Waals surface area contributed by atoms with Crippen LogP contribution >= 0.6 is 0 Å². The van der Waals surface area contributed by atoms with E-state index in [0.29, 0.717) is 12.8 Å². The van der Waals surface area contributed by atoms with Crippen LogP contribution in [0.4, 0.5) is 0 Å². The lowest BCUT2D eigenvalue weighted by molar-refractivity contribution is -0.154. The first-order valence-corrected chi connectivity index (χ1v) is 12.9. The van der Waals surface area contributed by atoms with Crippen molar-refractivity contribution in [3.05, 3.63) is 60.0 Å². The Morgan fingerprint density at radius 3 is 2.64 bits per heavy atom. The third-order valence-electron chi connectivity index (χ3n) is 7.34. The minimum absolute atomic E-state index is 0.0891. The van der Waals surface area contributed by atoms with E-state index < -0.39 is 35.6 Å². The SMILES string of the molecule is C=CCC1C(=O)C(C)(C)C(O)CC(=O)OC(C(C)=Cc2ccccn2)C/C=C(\C)CCCC(C)C1O. The number of esters is 1. The molecule has 198 valence electrons. The molecule has 0 saturated heterocycles. The molecule has 0 aromatic carbocycles. The maximum Gasteiger partial charge on any atom is 0.309 e. The molecule has 2 rings (SSSR count). The molecule has 0 radical (unpaired) electrons. The summed E-state index contributed by atoms with van der Waals surface area (Å²) in [6.07, 6.45) is 7.69. The molecule has 6 heteroatoms. The van der Waals surface area contributed by atoms with Gasteiger partial charge in [0.05, 0.1) is 29.7 Å². The van der Waals surface area contributed by atoms with Gasteiger partial charge < -0.3 is 14.9 Å². The summed E-state index contributed by atoms with van der Waals surface area (Å²) in [6, 6.07) is 5.62. The molecule has 0 bridgehead atoms. The number of pyridine rings is 1. The lowest BCUT2D eigenvalue weighted by atomic mass is 9.71. The largest absolute Gasteiger partial charge is 0.457 e. The number of rotatable bonds is 4. The number of aliphatic hydroxyl groups is 2. The van der Waals surface area contributed by atoms with Crippen LogP contribution in [0.5, 0.6) is 0 Å². The van der Waals surface area contributed by atoms with Crippen molar-refractivity contribution in [2.45, 2.75) is 91.5 Å². The van der Waals surface area contributed by atoms with Gasteiger partial charge in [-0.25, -0.2) is 0 Å². The summed E-state index contributed by atoms with van der Waals surface area (Å²) in [5.74, 6) is -1.63. The Morgan fingerprint density at radius 2 is 2.00 bits per heavy atom. The Bertz CT molecular complexity index is 949. The van der Waals surface area contributed by atoms with E-state index in [1.165, 1.54) is 5.57 Å². The van der Waals surface area contributed by atoms with Crippen LogP contribution in [0.25, 0.3) is 6.08 Å². The highest BCUT2D eigenvalue weighted by Gasteiger charge is 2.43. The number of hydrogen-bond donors (Lipinski definition) is 2. The van der Waals surface area contributed by atoms with Gasteiger partial charge in [-0.2, -0.15) is 0 Å². The molecule has 0 spiro atoms. The molecular formula is C30H43NO5. The summed E-state index contributed by atoms with van der Waals surface area (Å²) in [5, 5.41) is 22.0. The van der Waals surface area contributed by atoms with Crippen LogP contribution < -0.4 is 0 Å². The van der Waals surface area contributed by atoms with Crippen molar-refractivity contribution < 1.29 is 24.5 Å². The first-order chi connectivity index (χ1) is 17.0. The zero-order valence-electron chi connectivity index (χ0n) is 22.4. The Hall–Kier alpha value is -2.57. The highest BCUT2D eigenvalue weighted by atomic mass is 16.5. The number of cyclic esters (lactones) is 1. The zero-order chi connectivity index (χ0) is 26.9. The van der Waals surface area contributed by atoms with Gasteiger partial charge in [-0.05, 0) is 69.2 Å². The van der Waals surface area contributed by atoms with E-state index >= 15 is 0 Å². The minimum Gasteiger partial charge on any atom is -0.457 e. The number of carbonyl (C=O) groups excluding carboxylic acids is 2. The molecule has 0 fully saturated rings. The molecule has 2 heterocycles. The van der Waals surface area contributed by atoms with E-state index in [9.17, 15) is 19.8 Å². The summed E-state index contributed by atoms with van der Waals surface area (Å²) in [6.45, 7) is 12.9. The molecule has 6 nitrogen and oxygen atoms in total. The van der Waals surface area contributed by atoms with E-state index in [-0.39, 0.29) is 18.1 Å². The lowest BCUT2D eigenvalue weighted by Gasteiger charge is -2.35. The van der Waals surface area contributed by atoms with Gasteiger partial charge in [0.25, 0.3) is 0 Å². The molecule has 1 aromatic heterocycles. The van der Waals surface area contributed by atoms with E-state index in [1.54, 1.807) is 26.1 Å². The fraction of sp³-hybridized carbons (Fsp3) is 0.567. The second-order valence-electron chi connectivity index (χ2n) is 10.7. The van der Waals surface area contributed by atoms with Gasteiger partial charge >= 0.3 is 5.97 Å². The molecule has 1 aliphatic rings. The smallest absolute Gasteiger partial charge is 0.309 e. The van der Waals surface area contributed by atoms with Gasteiger partial charge in [-0.1, -0.05) is 44.6 Å². The second kappa shape index (κ2) is 13.7. The van der Waals surface area contributed by atoms with Crippen molar-refractivity contribution in [2.24, 2.45) is 17.3 Å². The number of nitrogens with zero attached hydrogens (tertiary/aromatic N) is 1. The van der Waals surface area contributed by atoms with Gasteiger partial charge in [-0.15, -0.1) is 6.58 Å². The molecule has 1 aliphatic heterocycles. The Balaban J connectivity index is 2.37. The van der Waals surface area contributed by atoms with Crippen LogP contribution in [0, 0.1) is 17.3 Å². The quantitative estimate of drug-likeness (QED) is 0.424.